The van der Waals surface area contributed by atoms with E-state index in [0.717, 1.165) is 12.0 Å². The van der Waals surface area contributed by atoms with Crippen LogP contribution in [0.4, 0.5) is 0 Å². The van der Waals surface area contributed by atoms with Crippen molar-refractivity contribution in [2.24, 2.45) is 5.73 Å². The van der Waals surface area contributed by atoms with E-state index in [2.05, 4.69) is 5.32 Å². The molecule has 1 rings (SSSR count). The number of hydrogen-bond donors (Lipinski definition) is 2. The van der Waals surface area contributed by atoms with Crippen LogP contribution >= 0.6 is 0 Å². The number of amides is 1. The maximum atomic E-state index is 11.7. The standard InChI is InChI=1S/C12H18N2O/c1-3-9(2)14-12(15)11-6-4-10(8-13)5-7-11/h4-7,9H,3,8,13H2,1-2H3,(H,14,15)/t9-/m1/s1. The van der Waals surface area contributed by atoms with Gasteiger partial charge in [-0.2, -0.15) is 0 Å². The van der Waals surface area contributed by atoms with Crippen LogP contribution in [0.5, 0.6) is 0 Å². The summed E-state index contributed by atoms with van der Waals surface area (Å²) in [6, 6.07) is 7.59. The van der Waals surface area contributed by atoms with Gasteiger partial charge in [-0.1, -0.05) is 19.1 Å². The van der Waals surface area contributed by atoms with Crippen molar-refractivity contribution < 1.29 is 4.79 Å². The monoisotopic (exact) mass is 206 g/mol. The number of rotatable bonds is 4. The molecule has 1 atom stereocenters. The van der Waals surface area contributed by atoms with Crippen LogP contribution in [0, 0.1) is 0 Å². The van der Waals surface area contributed by atoms with E-state index < -0.39 is 0 Å². The SMILES string of the molecule is CC[C@@H](C)NC(=O)c1ccc(CN)cc1. The van der Waals surface area contributed by atoms with Crippen molar-refractivity contribution >= 4 is 5.91 Å². The van der Waals surface area contributed by atoms with Crippen LogP contribution < -0.4 is 11.1 Å². The Bertz CT molecular complexity index is 319. The van der Waals surface area contributed by atoms with E-state index in [9.17, 15) is 4.79 Å². The predicted octanol–water partition coefficient (Wildman–Crippen LogP) is 1.67. The van der Waals surface area contributed by atoms with Gasteiger partial charge in [0.05, 0.1) is 0 Å². The van der Waals surface area contributed by atoms with Crippen molar-refractivity contribution in [3.63, 3.8) is 0 Å². The van der Waals surface area contributed by atoms with E-state index in [1.165, 1.54) is 0 Å². The Hall–Kier alpha value is -1.35. The first-order valence-electron chi connectivity index (χ1n) is 5.27. The molecule has 0 aliphatic heterocycles. The van der Waals surface area contributed by atoms with E-state index >= 15 is 0 Å². The molecule has 0 aliphatic rings. The molecular formula is C12H18N2O. The van der Waals surface area contributed by atoms with Gasteiger partial charge < -0.3 is 11.1 Å². The minimum Gasteiger partial charge on any atom is -0.350 e. The molecule has 0 spiro atoms. The van der Waals surface area contributed by atoms with E-state index in [1.54, 1.807) is 12.1 Å². The van der Waals surface area contributed by atoms with Gasteiger partial charge in [0.1, 0.15) is 0 Å². The van der Waals surface area contributed by atoms with Crippen LogP contribution in [-0.4, -0.2) is 11.9 Å². The Balaban J connectivity index is 2.66. The highest BCUT2D eigenvalue weighted by molar-refractivity contribution is 5.94. The van der Waals surface area contributed by atoms with Crippen molar-refractivity contribution in [1.29, 1.82) is 0 Å². The quantitative estimate of drug-likeness (QED) is 0.787. The van der Waals surface area contributed by atoms with Crippen LogP contribution in [0.25, 0.3) is 0 Å². The van der Waals surface area contributed by atoms with Crippen molar-refractivity contribution in [3.8, 4) is 0 Å². The maximum absolute atomic E-state index is 11.7. The highest BCUT2D eigenvalue weighted by Crippen LogP contribution is 2.04. The minimum absolute atomic E-state index is 0.0204. The number of carbonyl (C=O) groups is 1. The summed E-state index contributed by atoms with van der Waals surface area (Å²) >= 11 is 0. The van der Waals surface area contributed by atoms with Gasteiger partial charge in [0.15, 0.2) is 0 Å². The van der Waals surface area contributed by atoms with Gasteiger partial charge in [-0.15, -0.1) is 0 Å². The zero-order valence-electron chi connectivity index (χ0n) is 9.29. The zero-order valence-corrected chi connectivity index (χ0v) is 9.29. The van der Waals surface area contributed by atoms with Gasteiger partial charge in [0.25, 0.3) is 5.91 Å². The molecule has 0 radical (unpaired) electrons. The molecule has 3 N–H and O–H groups in total. The fourth-order valence-electron chi connectivity index (χ4n) is 1.20. The second-order valence-corrected chi connectivity index (χ2v) is 3.68. The fraction of sp³-hybridized carbons (Fsp3) is 0.417. The van der Waals surface area contributed by atoms with E-state index in [-0.39, 0.29) is 11.9 Å². The lowest BCUT2D eigenvalue weighted by molar-refractivity contribution is 0.0939. The second-order valence-electron chi connectivity index (χ2n) is 3.68. The zero-order chi connectivity index (χ0) is 11.3. The van der Waals surface area contributed by atoms with Crippen LogP contribution in [0.1, 0.15) is 36.2 Å². The lowest BCUT2D eigenvalue weighted by Crippen LogP contribution is -2.31. The Morgan fingerprint density at radius 1 is 1.40 bits per heavy atom. The summed E-state index contributed by atoms with van der Waals surface area (Å²) in [6.45, 7) is 4.54. The summed E-state index contributed by atoms with van der Waals surface area (Å²) in [5.41, 5.74) is 7.20. The predicted molar refractivity (Wildman–Crippen MR) is 61.6 cm³/mol. The molecule has 1 aromatic carbocycles. The average Bonchev–Trinajstić information content (AvgIpc) is 2.29. The van der Waals surface area contributed by atoms with Crippen LogP contribution in [0.15, 0.2) is 24.3 Å². The van der Waals surface area contributed by atoms with Crippen molar-refractivity contribution in [1.82, 2.24) is 5.32 Å². The third-order valence-corrected chi connectivity index (χ3v) is 2.44. The topological polar surface area (TPSA) is 55.1 Å². The molecule has 0 saturated carbocycles. The van der Waals surface area contributed by atoms with Gasteiger partial charge in [0.2, 0.25) is 0 Å². The maximum Gasteiger partial charge on any atom is 0.251 e. The largest absolute Gasteiger partial charge is 0.350 e. The Morgan fingerprint density at radius 2 is 2.00 bits per heavy atom. The number of hydrogen-bond acceptors (Lipinski definition) is 2. The first-order valence-corrected chi connectivity index (χ1v) is 5.27. The lowest BCUT2D eigenvalue weighted by atomic mass is 10.1. The summed E-state index contributed by atoms with van der Waals surface area (Å²) in [6.07, 6.45) is 0.937. The second kappa shape index (κ2) is 5.51. The molecule has 1 amide bonds. The number of nitrogens with two attached hydrogens (primary N) is 1. The molecule has 3 heteroatoms. The van der Waals surface area contributed by atoms with Crippen molar-refractivity contribution in [2.75, 3.05) is 0 Å². The van der Waals surface area contributed by atoms with E-state index in [4.69, 9.17) is 5.73 Å². The fourth-order valence-corrected chi connectivity index (χ4v) is 1.20. The Labute approximate surface area is 90.7 Å². The van der Waals surface area contributed by atoms with Gasteiger partial charge >= 0.3 is 0 Å². The molecule has 15 heavy (non-hydrogen) atoms. The summed E-state index contributed by atoms with van der Waals surface area (Å²) < 4.78 is 0. The Morgan fingerprint density at radius 3 is 2.47 bits per heavy atom. The smallest absolute Gasteiger partial charge is 0.251 e. The first kappa shape index (κ1) is 11.7. The molecule has 0 aromatic heterocycles. The molecule has 1 aromatic rings. The molecule has 0 saturated heterocycles. The third-order valence-electron chi connectivity index (χ3n) is 2.44. The average molecular weight is 206 g/mol. The lowest BCUT2D eigenvalue weighted by Gasteiger charge is -2.11. The van der Waals surface area contributed by atoms with E-state index in [1.807, 2.05) is 26.0 Å². The Kier molecular flexibility index (Phi) is 4.31. The third kappa shape index (κ3) is 3.36. The summed E-state index contributed by atoms with van der Waals surface area (Å²) in [5.74, 6) is -0.0204. The highest BCUT2D eigenvalue weighted by atomic mass is 16.1. The minimum atomic E-state index is -0.0204. The van der Waals surface area contributed by atoms with Crippen LogP contribution in [0.2, 0.25) is 0 Å². The summed E-state index contributed by atoms with van der Waals surface area (Å²) in [5, 5.41) is 2.91. The van der Waals surface area contributed by atoms with Crippen LogP contribution in [-0.2, 0) is 6.54 Å². The van der Waals surface area contributed by atoms with Gasteiger partial charge in [-0.25, -0.2) is 0 Å². The summed E-state index contributed by atoms with van der Waals surface area (Å²) in [7, 11) is 0. The molecule has 3 nitrogen and oxygen atoms in total. The first-order chi connectivity index (χ1) is 7.17. The number of carbonyl (C=O) groups excluding carboxylic acids is 1. The van der Waals surface area contributed by atoms with Crippen molar-refractivity contribution in [3.05, 3.63) is 35.4 Å². The molecule has 0 unspecified atom stereocenters. The molecule has 0 bridgehead atoms. The van der Waals surface area contributed by atoms with Gasteiger partial charge in [-0.3, -0.25) is 4.79 Å². The summed E-state index contributed by atoms with van der Waals surface area (Å²) in [4.78, 5) is 11.7. The number of nitrogens with one attached hydrogen (secondary N) is 1. The van der Waals surface area contributed by atoms with E-state index in [0.29, 0.717) is 12.1 Å². The van der Waals surface area contributed by atoms with Gasteiger partial charge in [0, 0.05) is 18.2 Å². The molecule has 82 valence electrons. The highest BCUT2D eigenvalue weighted by Gasteiger charge is 2.07. The molecular weight excluding hydrogens is 188 g/mol. The number of benzene rings is 1. The normalized spacial score (nSPS) is 12.2. The van der Waals surface area contributed by atoms with Crippen LogP contribution in [0.3, 0.4) is 0 Å². The molecule has 0 aliphatic carbocycles. The molecule has 0 fully saturated rings. The molecule has 0 heterocycles. The van der Waals surface area contributed by atoms with Gasteiger partial charge in [-0.05, 0) is 31.0 Å². The van der Waals surface area contributed by atoms with Crippen molar-refractivity contribution in [2.45, 2.75) is 32.9 Å².